The maximum Gasteiger partial charge on any atom is 0.231 e. The number of aromatic nitrogens is 4. The van der Waals surface area contributed by atoms with Crippen LogP contribution in [0.1, 0.15) is 0 Å². The number of imidazole rings is 1. The molecule has 4 rings (SSSR count). The maximum atomic E-state index is 12.0. The van der Waals surface area contributed by atoms with E-state index in [1.54, 1.807) is 6.33 Å². The number of rotatable bonds is 3. The molecule has 3 heterocycles. The summed E-state index contributed by atoms with van der Waals surface area (Å²) < 4.78 is 1.96. The number of carbonyl (C=O) groups excluding carboxylic acids is 1. The van der Waals surface area contributed by atoms with Crippen LogP contribution in [0.4, 0.5) is 5.82 Å². The fourth-order valence-electron chi connectivity index (χ4n) is 2.60. The van der Waals surface area contributed by atoms with E-state index in [9.17, 15) is 4.79 Å². The Kier molecular flexibility index (Phi) is 3.27. The van der Waals surface area contributed by atoms with Gasteiger partial charge >= 0.3 is 0 Å². The molecule has 7 nitrogen and oxygen atoms in total. The number of carbonyl (C=O) groups is 1. The number of aryl methyl sites for hydroxylation is 1. The summed E-state index contributed by atoms with van der Waals surface area (Å²) in [4.78, 5) is 16.1. The number of nitrogens with one attached hydrogen (secondary N) is 2. The van der Waals surface area contributed by atoms with Gasteiger partial charge in [0.15, 0.2) is 5.82 Å². The second-order valence-electron chi connectivity index (χ2n) is 5.74. The summed E-state index contributed by atoms with van der Waals surface area (Å²) in [5.74, 6) is 0.491. The fourth-order valence-corrected chi connectivity index (χ4v) is 2.60. The van der Waals surface area contributed by atoms with Crippen LogP contribution in [0.15, 0.2) is 36.8 Å². The van der Waals surface area contributed by atoms with E-state index < -0.39 is 0 Å². The zero-order valence-electron chi connectivity index (χ0n) is 12.7. The Balaban J connectivity index is 1.66. The highest BCUT2D eigenvalue weighted by Crippen LogP contribution is 2.24. The van der Waals surface area contributed by atoms with Crippen LogP contribution in [0.25, 0.3) is 22.2 Å². The molecule has 1 fully saturated rings. The average molecular weight is 308 g/mol. The molecule has 23 heavy (non-hydrogen) atoms. The molecule has 0 aliphatic carbocycles. The third kappa shape index (κ3) is 2.55. The first-order valence-corrected chi connectivity index (χ1v) is 7.46. The molecule has 0 unspecified atom stereocenters. The molecule has 1 aliphatic heterocycles. The molecule has 1 saturated heterocycles. The average Bonchev–Trinajstić information content (AvgIpc) is 2.91. The van der Waals surface area contributed by atoms with Gasteiger partial charge in [0.1, 0.15) is 0 Å². The number of hydrogen-bond acceptors (Lipinski definition) is 5. The van der Waals surface area contributed by atoms with Crippen molar-refractivity contribution in [3.8, 4) is 11.3 Å². The Hall–Kier alpha value is -2.80. The van der Waals surface area contributed by atoms with Gasteiger partial charge in [0, 0.05) is 31.1 Å². The predicted octanol–water partition coefficient (Wildman–Crippen LogP) is 1.19. The van der Waals surface area contributed by atoms with Crippen molar-refractivity contribution >= 4 is 22.6 Å². The van der Waals surface area contributed by atoms with Gasteiger partial charge in [-0.3, -0.25) is 4.79 Å². The minimum atomic E-state index is -0.0137. The number of fused-ring (bicyclic) bond motifs is 1. The number of nitrogens with zero attached hydrogens (tertiary/aromatic N) is 4. The van der Waals surface area contributed by atoms with Gasteiger partial charge in [0.25, 0.3) is 0 Å². The Morgan fingerprint density at radius 2 is 2.17 bits per heavy atom. The third-order valence-corrected chi connectivity index (χ3v) is 4.10. The lowest BCUT2D eigenvalue weighted by molar-refractivity contribution is -0.121. The summed E-state index contributed by atoms with van der Waals surface area (Å²) in [6.07, 6.45) is 3.59. The molecule has 116 valence electrons. The van der Waals surface area contributed by atoms with Gasteiger partial charge in [-0.2, -0.15) is 0 Å². The van der Waals surface area contributed by atoms with Crippen LogP contribution >= 0.6 is 0 Å². The van der Waals surface area contributed by atoms with E-state index in [1.807, 2.05) is 42.1 Å². The van der Waals surface area contributed by atoms with Crippen molar-refractivity contribution in [3.05, 3.63) is 36.8 Å². The SMILES string of the molecule is Cn1cncc1-c1ccc2nnc(NC(=O)C3CNC3)cc2c1. The summed E-state index contributed by atoms with van der Waals surface area (Å²) in [5, 5.41) is 15.1. The second kappa shape index (κ2) is 5.44. The Labute approximate surface area is 132 Å². The van der Waals surface area contributed by atoms with Crippen LogP contribution in [-0.2, 0) is 11.8 Å². The van der Waals surface area contributed by atoms with Gasteiger partial charge in [-0.15, -0.1) is 10.2 Å². The van der Waals surface area contributed by atoms with E-state index in [0.717, 1.165) is 35.2 Å². The third-order valence-electron chi connectivity index (χ3n) is 4.10. The van der Waals surface area contributed by atoms with Crippen LogP contribution < -0.4 is 10.6 Å². The molecule has 1 aliphatic rings. The summed E-state index contributed by atoms with van der Waals surface area (Å²) in [6.45, 7) is 1.44. The van der Waals surface area contributed by atoms with Crippen LogP contribution in [0, 0.1) is 5.92 Å². The van der Waals surface area contributed by atoms with Gasteiger partial charge in [-0.1, -0.05) is 6.07 Å². The topological polar surface area (TPSA) is 84.7 Å². The minimum Gasteiger partial charge on any atom is -0.334 e. The summed E-state index contributed by atoms with van der Waals surface area (Å²) in [7, 11) is 1.95. The summed E-state index contributed by atoms with van der Waals surface area (Å²) in [5.41, 5.74) is 2.86. The summed E-state index contributed by atoms with van der Waals surface area (Å²) in [6, 6.07) is 7.80. The lowest BCUT2D eigenvalue weighted by Gasteiger charge is -2.25. The Morgan fingerprint density at radius 3 is 2.87 bits per heavy atom. The highest BCUT2D eigenvalue weighted by Gasteiger charge is 2.25. The number of anilines is 1. The smallest absolute Gasteiger partial charge is 0.231 e. The molecule has 0 atom stereocenters. The molecule has 7 heteroatoms. The first-order valence-electron chi connectivity index (χ1n) is 7.46. The Bertz CT molecular complexity index is 883. The van der Waals surface area contributed by atoms with E-state index in [1.165, 1.54) is 0 Å². The first-order chi connectivity index (χ1) is 11.2. The van der Waals surface area contributed by atoms with E-state index in [2.05, 4.69) is 25.8 Å². The van der Waals surface area contributed by atoms with Gasteiger partial charge in [0.05, 0.1) is 29.7 Å². The predicted molar refractivity (Wildman–Crippen MR) is 86.7 cm³/mol. The second-order valence-corrected chi connectivity index (χ2v) is 5.74. The van der Waals surface area contributed by atoms with Crippen LogP contribution in [0.3, 0.4) is 0 Å². The molecule has 0 bridgehead atoms. The Morgan fingerprint density at radius 1 is 1.30 bits per heavy atom. The highest BCUT2D eigenvalue weighted by atomic mass is 16.2. The maximum absolute atomic E-state index is 12.0. The van der Waals surface area contributed by atoms with Crippen LogP contribution in [-0.4, -0.2) is 38.7 Å². The highest BCUT2D eigenvalue weighted by molar-refractivity contribution is 5.94. The molecule has 1 aromatic carbocycles. The number of hydrogen-bond donors (Lipinski definition) is 2. The van der Waals surface area contributed by atoms with Crippen molar-refractivity contribution in [3.63, 3.8) is 0 Å². The monoisotopic (exact) mass is 308 g/mol. The van der Waals surface area contributed by atoms with Crippen molar-refractivity contribution in [1.29, 1.82) is 0 Å². The molecule has 0 radical (unpaired) electrons. The van der Waals surface area contributed by atoms with Crippen LogP contribution in [0.2, 0.25) is 0 Å². The normalized spacial score (nSPS) is 14.7. The standard InChI is InChI=1S/C16H16N6O/c1-22-9-18-8-14(22)10-2-3-13-11(4-10)5-15(21-20-13)19-16(23)12-6-17-7-12/h2-5,8-9,12,17H,6-7H2,1H3,(H,19,21,23). The first kappa shape index (κ1) is 13.8. The molecule has 1 amide bonds. The quantitative estimate of drug-likeness (QED) is 0.759. The van der Waals surface area contributed by atoms with Crippen molar-refractivity contribution in [2.45, 2.75) is 0 Å². The largest absolute Gasteiger partial charge is 0.334 e. The molecule has 0 spiro atoms. The van der Waals surface area contributed by atoms with E-state index in [0.29, 0.717) is 5.82 Å². The molecule has 2 aromatic heterocycles. The molecule has 3 aromatic rings. The lowest BCUT2D eigenvalue weighted by Crippen LogP contribution is -2.48. The summed E-state index contributed by atoms with van der Waals surface area (Å²) >= 11 is 0. The van der Waals surface area contributed by atoms with Crippen molar-refractivity contribution < 1.29 is 4.79 Å². The van der Waals surface area contributed by atoms with Crippen molar-refractivity contribution in [1.82, 2.24) is 25.1 Å². The molecule has 0 saturated carbocycles. The lowest BCUT2D eigenvalue weighted by atomic mass is 10.0. The van der Waals surface area contributed by atoms with Gasteiger partial charge < -0.3 is 15.2 Å². The fraction of sp³-hybridized carbons (Fsp3) is 0.250. The minimum absolute atomic E-state index is 0.0137. The van der Waals surface area contributed by atoms with Crippen molar-refractivity contribution in [2.75, 3.05) is 18.4 Å². The molecule has 2 N–H and O–H groups in total. The number of benzene rings is 1. The van der Waals surface area contributed by atoms with Crippen molar-refractivity contribution in [2.24, 2.45) is 13.0 Å². The zero-order valence-corrected chi connectivity index (χ0v) is 12.7. The molecular formula is C16H16N6O. The zero-order chi connectivity index (χ0) is 15.8. The van der Waals surface area contributed by atoms with E-state index >= 15 is 0 Å². The van der Waals surface area contributed by atoms with E-state index in [4.69, 9.17) is 0 Å². The van der Waals surface area contributed by atoms with Gasteiger partial charge in [0.2, 0.25) is 5.91 Å². The van der Waals surface area contributed by atoms with E-state index in [-0.39, 0.29) is 11.8 Å². The van der Waals surface area contributed by atoms with Crippen LogP contribution in [0.5, 0.6) is 0 Å². The number of amides is 1. The van der Waals surface area contributed by atoms with Gasteiger partial charge in [-0.25, -0.2) is 4.98 Å². The van der Waals surface area contributed by atoms with Gasteiger partial charge in [-0.05, 0) is 18.2 Å². The molecular weight excluding hydrogens is 292 g/mol.